The van der Waals surface area contributed by atoms with E-state index >= 15 is 0 Å². The van der Waals surface area contributed by atoms with Crippen molar-refractivity contribution in [3.8, 4) is 11.5 Å². The lowest BCUT2D eigenvalue weighted by molar-refractivity contribution is 0.390. The van der Waals surface area contributed by atoms with E-state index in [-0.39, 0.29) is 5.76 Å². The van der Waals surface area contributed by atoms with E-state index in [1.54, 1.807) is 32.4 Å². The Balaban J connectivity index is 2.48. The highest BCUT2D eigenvalue weighted by Crippen LogP contribution is 2.31. The predicted molar refractivity (Wildman–Crippen MR) is 67.4 cm³/mol. The van der Waals surface area contributed by atoms with E-state index in [1.165, 1.54) is 0 Å². The highest BCUT2D eigenvalue weighted by atomic mass is 16.5. The molecule has 88 valence electrons. The molecule has 1 aromatic rings. The predicted octanol–water partition coefficient (Wildman–Crippen LogP) is 3.10. The summed E-state index contributed by atoms with van der Waals surface area (Å²) in [5.74, 6) is 1.48. The van der Waals surface area contributed by atoms with Gasteiger partial charge >= 0.3 is 0 Å². The number of hydrogen-bond donors (Lipinski definition) is 1. The highest BCUT2D eigenvalue weighted by Gasteiger charge is 2.12. The second-order valence-corrected chi connectivity index (χ2v) is 3.59. The van der Waals surface area contributed by atoms with E-state index in [0.717, 1.165) is 5.57 Å². The van der Waals surface area contributed by atoms with Crippen molar-refractivity contribution in [2.24, 2.45) is 0 Å². The van der Waals surface area contributed by atoms with Gasteiger partial charge < -0.3 is 14.6 Å². The lowest BCUT2D eigenvalue weighted by Crippen LogP contribution is -1.94. The molecule has 0 amide bonds. The van der Waals surface area contributed by atoms with Crippen LogP contribution in [0.15, 0.2) is 48.1 Å². The summed E-state index contributed by atoms with van der Waals surface area (Å²) in [6.45, 7) is 0. The van der Waals surface area contributed by atoms with Crippen LogP contribution in [0.3, 0.4) is 0 Å². The molecule has 1 aliphatic carbocycles. The molecule has 0 saturated heterocycles. The zero-order valence-electron chi connectivity index (χ0n) is 9.81. The summed E-state index contributed by atoms with van der Waals surface area (Å²) in [5, 5.41) is 10.2. The van der Waals surface area contributed by atoms with Crippen LogP contribution in [0.1, 0.15) is 5.56 Å². The summed E-state index contributed by atoms with van der Waals surface area (Å²) in [4.78, 5) is 0. The van der Waals surface area contributed by atoms with Crippen LogP contribution in [0, 0.1) is 0 Å². The number of ether oxygens (including phenoxy) is 2. The lowest BCUT2D eigenvalue weighted by Gasteiger charge is -2.10. The SMILES string of the molecule is COc1ccc(C(O)=C2C=CC=C2)c(OC)c1. The summed E-state index contributed by atoms with van der Waals surface area (Å²) in [7, 11) is 3.16. The maximum Gasteiger partial charge on any atom is 0.133 e. The number of aliphatic hydroxyl groups excluding tert-OH is 1. The van der Waals surface area contributed by atoms with Gasteiger partial charge in [-0.25, -0.2) is 0 Å². The minimum Gasteiger partial charge on any atom is -0.507 e. The minimum atomic E-state index is 0.203. The van der Waals surface area contributed by atoms with Crippen molar-refractivity contribution in [3.05, 3.63) is 53.6 Å². The fraction of sp³-hybridized carbons (Fsp3) is 0.143. The zero-order valence-corrected chi connectivity index (χ0v) is 9.81. The third-order valence-corrected chi connectivity index (χ3v) is 2.60. The summed E-state index contributed by atoms with van der Waals surface area (Å²) in [5.41, 5.74) is 1.42. The number of methoxy groups -OCH3 is 2. The van der Waals surface area contributed by atoms with Crippen LogP contribution in [0.25, 0.3) is 5.76 Å². The molecule has 0 bridgehead atoms. The number of aliphatic hydroxyl groups is 1. The van der Waals surface area contributed by atoms with Crippen LogP contribution in [-0.2, 0) is 0 Å². The summed E-state index contributed by atoms with van der Waals surface area (Å²) in [6, 6.07) is 5.31. The van der Waals surface area contributed by atoms with Gasteiger partial charge in [0.1, 0.15) is 17.3 Å². The van der Waals surface area contributed by atoms with E-state index in [4.69, 9.17) is 9.47 Å². The van der Waals surface area contributed by atoms with Gasteiger partial charge in [-0.3, -0.25) is 0 Å². The molecule has 0 aromatic heterocycles. The molecule has 0 unspecified atom stereocenters. The van der Waals surface area contributed by atoms with Gasteiger partial charge in [0.05, 0.1) is 19.8 Å². The molecule has 0 heterocycles. The van der Waals surface area contributed by atoms with Crippen molar-refractivity contribution in [1.29, 1.82) is 0 Å². The second kappa shape index (κ2) is 4.78. The fourth-order valence-corrected chi connectivity index (χ4v) is 1.68. The van der Waals surface area contributed by atoms with Gasteiger partial charge in [-0.05, 0) is 12.1 Å². The lowest BCUT2D eigenvalue weighted by atomic mass is 10.1. The van der Waals surface area contributed by atoms with Crippen molar-refractivity contribution in [3.63, 3.8) is 0 Å². The van der Waals surface area contributed by atoms with Crippen molar-refractivity contribution in [2.75, 3.05) is 14.2 Å². The third-order valence-electron chi connectivity index (χ3n) is 2.60. The van der Waals surface area contributed by atoms with Crippen molar-refractivity contribution in [2.45, 2.75) is 0 Å². The van der Waals surface area contributed by atoms with Crippen molar-refractivity contribution in [1.82, 2.24) is 0 Å². The molecule has 3 heteroatoms. The van der Waals surface area contributed by atoms with Gasteiger partial charge in [0.25, 0.3) is 0 Å². The first kappa shape index (κ1) is 11.3. The van der Waals surface area contributed by atoms with Gasteiger partial charge in [-0.15, -0.1) is 0 Å². The molecule has 0 spiro atoms. The minimum absolute atomic E-state index is 0.203. The van der Waals surface area contributed by atoms with E-state index in [2.05, 4.69) is 0 Å². The Labute approximate surface area is 100 Å². The van der Waals surface area contributed by atoms with Gasteiger partial charge in [-0.2, -0.15) is 0 Å². The van der Waals surface area contributed by atoms with Crippen molar-refractivity contribution >= 4 is 5.76 Å². The molecular formula is C14H14O3. The first-order valence-electron chi connectivity index (χ1n) is 5.26. The van der Waals surface area contributed by atoms with Crippen LogP contribution in [0.5, 0.6) is 11.5 Å². The normalized spacial score (nSPS) is 12.9. The number of hydrogen-bond acceptors (Lipinski definition) is 3. The van der Waals surface area contributed by atoms with Crippen LogP contribution in [0.2, 0.25) is 0 Å². The molecule has 0 aliphatic heterocycles. The first-order valence-corrected chi connectivity index (χ1v) is 5.26. The average molecular weight is 230 g/mol. The summed E-state index contributed by atoms with van der Waals surface area (Å²) >= 11 is 0. The standard InChI is InChI=1S/C14H14O3/c1-16-11-7-8-12(13(9-11)17-2)14(15)10-5-3-4-6-10/h3-9,15H,1-2H3. The topological polar surface area (TPSA) is 38.7 Å². The maximum absolute atomic E-state index is 10.2. The third kappa shape index (κ3) is 2.18. The first-order chi connectivity index (χ1) is 8.26. The Bertz CT molecular complexity index is 496. The molecule has 0 fully saturated rings. The Kier molecular flexibility index (Phi) is 3.19. The number of rotatable bonds is 3. The maximum atomic E-state index is 10.2. The molecule has 1 aromatic carbocycles. The molecule has 1 aliphatic rings. The van der Waals surface area contributed by atoms with Gasteiger partial charge in [0, 0.05) is 11.6 Å². The largest absolute Gasteiger partial charge is 0.507 e. The van der Waals surface area contributed by atoms with Crippen LogP contribution >= 0.6 is 0 Å². The Hall–Kier alpha value is -2.16. The van der Waals surface area contributed by atoms with Crippen LogP contribution < -0.4 is 9.47 Å². The zero-order chi connectivity index (χ0) is 12.3. The fourth-order valence-electron chi connectivity index (χ4n) is 1.68. The van der Waals surface area contributed by atoms with E-state index in [0.29, 0.717) is 17.1 Å². The smallest absolute Gasteiger partial charge is 0.133 e. The second-order valence-electron chi connectivity index (χ2n) is 3.59. The molecular weight excluding hydrogens is 216 g/mol. The average Bonchev–Trinajstić information content (AvgIpc) is 2.91. The van der Waals surface area contributed by atoms with Crippen LogP contribution in [-0.4, -0.2) is 19.3 Å². The van der Waals surface area contributed by atoms with Gasteiger partial charge in [0.2, 0.25) is 0 Å². The molecule has 0 saturated carbocycles. The summed E-state index contributed by atoms with van der Waals surface area (Å²) < 4.78 is 10.4. The Morgan fingerprint density at radius 2 is 1.76 bits per heavy atom. The van der Waals surface area contributed by atoms with Gasteiger partial charge in [-0.1, -0.05) is 24.3 Å². The number of allylic oxidation sites excluding steroid dienone is 5. The molecule has 1 N–H and O–H groups in total. The molecule has 0 atom stereocenters. The highest BCUT2D eigenvalue weighted by molar-refractivity contribution is 5.73. The summed E-state index contributed by atoms with van der Waals surface area (Å²) in [6.07, 6.45) is 7.45. The number of benzene rings is 1. The molecule has 3 nitrogen and oxygen atoms in total. The monoisotopic (exact) mass is 230 g/mol. The Morgan fingerprint density at radius 1 is 1.06 bits per heavy atom. The molecule has 2 rings (SSSR count). The van der Waals surface area contributed by atoms with E-state index in [9.17, 15) is 5.11 Å². The van der Waals surface area contributed by atoms with E-state index in [1.807, 2.05) is 24.3 Å². The Morgan fingerprint density at radius 3 is 2.35 bits per heavy atom. The molecule has 17 heavy (non-hydrogen) atoms. The van der Waals surface area contributed by atoms with Crippen LogP contribution in [0.4, 0.5) is 0 Å². The quantitative estimate of drug-likeness (QED) is 0.811. The van der Waals surface area contributed by atoms with E-state index < -0.39 is 0 Å². The van der Waals surface area contributed by atoms with Crippen molar-refractivity contribution < 1.29 is 14.6 Å². The van der Waals surface area contributed by atoms with Gasteiger partial charge in [0.15, 0.2) is 0 Å². The molecule has 0 radical (unpaired) electrons.